The van der Waals surface area contributed by atoms with Gasteiger partial charge >= 0.3 is 6.01 Å². The molecular formula is C25H28ClN5O6. The summed E-state index contributed by atoms with van der Waals surface area (Å²) in [5.41, 5.74) is 1.83. The van der Waals surface area contributed by atoms with Crippen molar-refractivity contribution < 1.29 is 28.5 Å². The Labute approximate surface area is 219 Å². The maximum atomic E-state index is 11.9. The van der Waals surface area contributed by atoms with Gasteiger partial charge in [-0.15, -0.1) is 0 Å². The van der Waals surface area contributed by atoms with Gasteiger partial charge in [-0.05, 0) is 48.4 Å². The first-order chi connectivity index (χ1) is 18.1. The van der Waals surface area contributed by atoms with E-state index in [-0.39, 0.29) is 24.1 Å². The molecule has 0 atom stereocenters. The van der Waals surface area contributed by atoms with Gasteiger partial charge in [-0.3, -0.25) is 4.79 Å². The van der Waals surface area contributed by atoms with Crippen LogP contribution in [0, 0.1) is 0 Å². The number of hydrogen-bond donors (Lipinski definition) is 2. The molecule has 2 N–H and O–H groups in total. The van der Waals surface area contributed by atoms with Gasteiger partial charge in [0, 0.05) is 18.3 Å². The Hall–Kier alpha value is -3.67. The van der Waals surface area contributed by atoms with Crippen LogP contribution in [0.4, 0.5) is 17.6 Å². The topological polar surface area (TPSA) is 126 Å². The molecular weight excluding hydrogens is 502 g/mol. The number of ether oxygens (including phenoxy) is 5. The monoisotopic (exact) mass is 529 g/mol. The lowest BCUT2D eigenvalue weighted by atomic mass is 10.2. The Morgan fingerprint density at radius 3 is 2.35 bits per heavy atom. The SMILES string of the molecule is CCOc1nc2nc(n1)Nc1ccc(C(=O)Cl)c(c1)OCCOCCOCCOc1ccc(cc1)CN2. The zero-order valence-corrected chi connectivity index (χ0v) is 21.1. The standard InChI is InChI=1S/C25H28ClN5O6/c1-2-35-25-30-23-27-16-17-3-6-19(7-4-17)36-13-11-33-9-10-34-12-14-37-21-15-18(28-24(29-23)31-25)5-8-20(21)22(26)32/h3-8,15H,2,9-14,16H2,1H3,(H2,27,28,29,30,31). The summed E-state index contributed by atoms with van der Waals surface area (Å²) < 4.78 is 28.1. The van der Waals surface area contributed by atoms with E-state index in [1.807, 2.05) is 31.2 Å². The van der Waals surface area contributed by atoms with E-state index in [0.717, 1.165) is 11.3 Å². The van der Waals surface area contributed by atoms with Crippen molar-refractivity contribution in [2.45, 2.75) is 13.5 Å². The molecule has 5 rings (SSSR count). The number of anilines is 3. The molecule has 3 heterocycles. The van der Waals surface area contributed by atoms with E-state index < -0.39 is 5.24 Å². The first-order valence-corrected chi connectivity index (χ1v) is 12.2. The molecule has 0 aliphatic carbocycles. The van der Waals surface area contributed by atoms with E-state index in [0.29, 0.717) is 63.6 Å². The molecule has 0 saturated carbocycles. The summed E-state index contributed by atoms with van der Waals surface area (Å²) in [5.74, 6) is 1.64. The first kappa shape index (κ1) is 26.4. The maximum Gasteiger partial charge on any atom is 0.323 e. The van der Waals surface area contributed by atoms with Gasteiger partial charge < -0.3 is 34.3 Å². The van der Waals surface area contributed by atoms with E-state index in [1.54, 1.807) is 18.2 Å². The van der Waals surface area contributed by atoms with Crippen LogP contribution in [-0.4, -0.2) is 66.4 Å². The van der Waals surface area contributed by atoms with Gasteiger partial charge in [0.05, 0.1) is 38.6 Å². The van der Waals surface area contributed by atoms with Crippen molar-refractivity contribution in [1.82, 2.24) is 15.0 Å². The zero-order chi connectivity index (χ0) is 25.9. The molecule has 196 valence electrons. The lowest BCUT2D eigenvalue weighted by Gasteiger charge is -2.13. The van der Waals surface area contributed by atoms with Gasteiger partial charge in [0.15, 0.2) is 0 Å². The van der Waals surface area contributed by atoms with Crippen molar-refractivity contribution in [2.75, 3.05) is 56.9 Å². The molecule has 0 fully saturated rings. The molecule has 2 aromatic carbocycles. The molecule has 0 saturated heterocycles. The lowest BCUT2D eigenvalue weighted by molar-refractivity contribution is 0.0273. The van der Waals surface area contributed by atoms with Crippen LogP contribution in [0.15, 0.2) is 42.5 Å². The number of rotatable bonds is 3. The highest BCUT2D eigenvalue weighted by Gasteiger charge is 2.14. The van der Waals surface area contributed by atoms with Crippen molar-refractivity contribution in [3.05, 3.63) is 53.6 Å². The summed E-state index contributed by atoms with van der Waals surface area (Å²) in [6, 6.07) is 12.8. The number of nitrogens with zero attached hydrogens (tertiary/aromatic N) is 3. The average Bonchev–Trinajstić information content (AvgIpc) is 2.89. The molecule has 0 spiro atoms. The number of hydrogen-bond acceptors (Lipinski definition) is 11. The van der Waals surface area contributed by atoms with Gasteiger partial charge in [-0.1, -0.05) is 12.1 Å². The number of fused-ring (bicyclic) bond motifs is 12. The van der Waals surface area contributed by atoms with Crippen LogP contribution < -0.4 is 24.8 Å². The van der Waals surface area contributed by atoms with Gasteiger partial charge in [-0.2, -0.15) is 15.0 Å². The summed E-state index contributed by atoms with van der Waals surface area (Å²) in [7, 11) is 0. The highest BCUT2D eigenvalue weighted by atomic mass is 35.5. The molecule has 12 heteroatoms. The van der Waals surface area contributed by atoms with E-state index in [2.05, 4.69) is 25.6 Å². The smallest absolute Gasteiger partial charge is 0.323 e. The molecule has 0 radical (unpaired) electrons. The highest BCUT2D eigenvalue weighted by molar-refractivity contribution is 6.68. The summed E-state index contributed by atoms with van der Waals surface area (Å²) >= 11 is 5.74. The molecule has 6 bridgehead atoms. The Morgan fingerprint density at radius 1 is 0.919 bits per heavy atom. The molecule has 11 nitrogen and oxygen atoms in total. The number of carbonyl (C=O) groups is 1. The van der Waals surface area contributed by atoms with E-state index in [4.69, 9.17) is 35.3 Å². The third kappa shape index (κ3) is 8.17. The fourth-order valence-electron chi connectivity index (χ4n) is 3.33. The normalized spacial score (nSPS) is 14.9. The number of nitrogens with one attached hydrogen (secondary N) is 2. The Morgan fingerprint density at radius 2 is 1.62 bits per heavy atom. The van der Waals surface area contributed by atoms with E-state index in [1.165, 1.54) is 0 Å². The molecule has 2 aliphatic heterocycles. The summed E-state index contributed by atoms with van der Waals surface area (Å²) in [4.78, 5) is 25.0. The third-order valence-electron chi connectivity index (χ3n) is 5.07. The minimum Gasteiger partial charge on any atom is -0.491 e. The quantitative estimate of drug-likeness (QED) is 0.380. The van der Waals surface area contributed by atoms with E-state index in [9.17, 15) is 4.79 Å². The second-order valence-electron chi connectivity index (χ2n) is 7.73. The third-order valence-corrected chi connectivity index (χ3v) is 5.27. The second kappa shape index (κ2) is 13.6. The van der Waals surface area contributed by atoms with Crippen LogP contribution in [0.2, 0.25) is 0 Å². The lowest BCUT2D eigenvalue weighted by Crippen LogP contribution is -2.14. The van der Waals surface area contributed by atoms with Crippen LogP contribution in [0.5, 0.6) is 17.5 Å². The second-order valence-corrected chi connectivity index (χ2v) is 8.07. The van der Waals surface area contributed by atoms with Crippen molar-refractivity contribution in [3.8, 4) is 17.5 Å². The molecule has 3 aromatic rings. The van der Waals surface area contributed by atoms with Gasteiger partial charge in [-0.25, -0.2) is 0 Å². The molecule has 0 amide bonds. The maximum absolute atomic E-state index is 11.9. The summed E-state index contributed by atoms with van der Waals surface area (Å²) in [6.07, 6.45) is 0. The first-order valence-electron chi connectivity index (χ1n) is 11.8. The van der Waals surface area contributed by atoms with Crippen molar-refractivity contribution in [1.29, 1.82) is 0 Å². The fourth-order valence-corrected chi connectivity index (χ4v) is 3.49. The molecule has 0 unspecified atom stereocenters. The fraction of sp³-hybridized carbons (Fsp3) is 0.360. The average molecular weight is 530 g/mol. The van der Waals surface area contributed by atoms with Crippen molar-refractivity contribution in [2.24, 2.45) is 0 Å². The van der Waals surface area contributed by atoms with Crippen molar-refractivity contribution in [3.63, 3.8) is 0 Å². The Kier molecular flexibility index (Phi) is 9.69. The van der Waals surface area contributed by atoms with Gasteiger partial charge in [0.2, 0.25) is 11.9 Å². The predicted octanol–water partition coefficient (Wildman–Crippen LogP) is 3.81. The number of carbonyl (C=O) groups excluding carboxylic acids is 1. The predicted molar refractivity (Wildman–Crippen MR) is 137 cm³/mol. The highest BCUT2D eigenvalue weighted by Crippen LogP contribution is 2.27. The van der Waals surface area contributed by atoms with Gasteiger partial charge in [0.25, 0.3) is 5.24 Å². The summed E-state index contributed by atoms with van der Waals surface area (Å²) in [6.45, 7) is 4.92. The molecule has 1 aromatic heterocycles. The minimum atomic E-state index is -0.631. The van der Waals surface area contributed by atoms with Gasteiger partial charge in [0.1, 0.15) is 24.7 Å². The number of benzene rings is 2. The largest absolute Gasteiger partial charge is 0.491 e. The zero-order valence-electron chi connectivity index (χ0n) is 20.4. The number of halogens is 1. The number of aromatic nitrogens is 3. The molecule has 37 heavy (non-hydrogen) atoms. The van der Waals surface area contributed by atoms with Crippen LogP contribution in [0.3, 0.4) is 0 Å². The van der Waals surface area contributed by atoms with Crippen LogP contribution >= 0.6 is 11.6 Å². The summed E-state index contributed by atoms with van der Waals surface area (Å²) in [5, 5.41) is 5.67. The van der Waals surface area contributed by atoms with Crippen LogP contribution in [0.25, 0.3) is 0 Å². The van der Waals surface area contributed by atoms with E-state index >= 15 is 0 Å². The van der Waals surface area contributed by atoms with Crippen LogP contribution in [0.1, 0.15) is 22.8 Å². The Balaban J connectivity index is 1.57. The van der Waals surface area contributed by atoms with Crippen molar-refractivity contribution >= 4 is 34.4 Å². The van der Waals surface area contributed by atoms with Crippen LogP contribution in [-0.2, 0) is 16.0 Å². The Bertz CT molecular complexity index is 1180. The minimum absolute atomic E-state index is 0.167. The molecule has 2 aliphatic rings.